The van der Waals surface area contributed by atoms with Gasteiger partial charge >= 0.3 is 18.0 Å². The standard InChI is InChI=1S/C22H30N2O10/c1-13(26)24-18-20(33-15(3)28)19(32-14(2)27)17(11-25)34-21(18)30-10-9-23-22(29)31-12-16-7-5-4-6-8-16/h4-8,17-21,25H,9-12H2,1-3H3,(H,23,29)(H,24,26)/t17-,18+,19-,20-,21+/m1/s1. The molecule has 34 heavy (non-hydrogen) atoms. The van der Waals surface area contributed by atoms with Gasteiger partial charge in [-0.25, -0.2) is 4.79 Å². The Morgan fingerprint density at radius 1 is 1.00 bits per heavy atom. The first-order valence-corrected chi connectivity index (χ1v) is 10.6. The van der Waals surface area contributed by atoms with Crippen LogP contribution in [0.4, 0.5) is 4.79 Å². The topological polar surface area (TPSA) is 159 Å². The number of ether oxygens (including phenoxy) is 5. The van der Waals surface area contributed by atoms with E-state index in [2.05, 4.69) is 10.6 Å². The van der Waals surface area contributed by atoms with Gasteiger partial charge in [0.25, 0.3) is 0 Å². The number of rotatable bonds is 10. The van der Waals surface area contributed by atoms with E-state index >= 15 is 0 Å². The molecule has 1 aliphatic rings. The van der Waals surface area contributed by atoms with Gasteiger partial charge in [-0.3, -0.25) is 14.4 Å². The molecule has 12 heteroatoms. The molecule has 0 unspecified atom stereocenters. The summed E-state index contributed by atoms with van der Waals surface area (Å²) in [6.45, 7) is 3.04. The highest BCUT2D eigenvalue weighted by atomic mass is 16.7. The lowest BCUT2D eigenvalue weighted by molar-refractivity contribution is -0.276. The number of amides is 2. The second kappa shape index (κ2) is 13.5. The fraction of sp³-hybridized carbons (Fsp3) is 0.545. The second-order valence-electron chi connectivity index (χ2n) is 7.46. The van der Waals surface area contributed by atoms with Gasteiger partial charge in [-0.1, -0.05) is 30.3 Å². The molecule has 2 rings (SSSR count). The number of hydrogen-bond acceptors (Lipinski definition) is 10. The van der Waals surface area contributed by atoms with Crippen molar-refractivity contribution in [1.29, 1.82) is 0 Å². The zero-order valence-corrected chi connectivity index (χ0v) is 19.2. The highest BCUT2D eigenvalue weighted by molar-refractivity contribution is 5.73. The van der Waals surface area contributed by atoms with Crippen LogP contribution in [0.1, 0.15) is 26.3 Å². The summed E-state index contributed by atoms with van der Waals surface area (Å²) >= 11 is 0. The molecule has 0 spiro atoms. The first kappa shape index (κ1) is 27.0. The fourth-order valence-corrected chi connectivity index (χ4v) is 3.35. The third-order valence-electron chi connectivity index (χ3n) is 4.67. The van der Waals surface area contributed by atoms with Gasteiger partial charge in [0.2, 0.25) is 5.91 Å². The van der Waals surface area contributed by atoms with E-state index in [4.69, 9.17) is 23.7 Å². The third-order valence-corrected chi connectivity index (χ3v) is 4.67. The SMILES string of the molecule is CC(=O)N[C@@H]1[C@@H](OCCNC(=O)OCc2ccccc2)O[C@H](CO)[C@@H](OC(C)=O)[C@@H]1OC(C)=O. The third kappa shape index (κ3) is 8.61. The van der Waals surface area contributed by atoms with Crippen LogP contribution in [0.2, 0.25) is 0 Å². The predicted octanol–water partition coefficient (Wildman–Crippen LogP) is 0.0147. The first-order valence-electron chi connectivity index (χ1n) is 10.6. The molecule has 0 bridgehead atoms. The Morgan fingerprint density at radius 2 is 1.65 bits per heavy atom. The van der Waals surface area contributed by atoms with Crippen molar-refractivity contribution >= 4 is 23.9 Å². The van der Waals surface area contributed by atoms with Crippen molar-refractivity contribution in [3.8, 4) is 0 Å². The highest BCUT2D eigenvalue weighted by Crippen LogP contribution is 2.27. The molecule has 0 aromatic heterocycles. The number of benzene rings is 1. The molecule has 0 aliphatic carbocycles. The summed E-state index contributed by atoms with van der Waals surface area (Å²) < 4.78 is 27.0. The van der Waals surface area contributed by atoms with Crippen LogP contribution in [0, 0.1) is 0 Å². The molecule has 1 fully saturated rings. The molecule has 1 aromatic rings. The number of esters is 2. The van der Waals surface area contributed by atoms with Crippen molar-refractivity contribution in [3.63, 3.8) is 0 Å². The minimum atomic E-state index is -1.19. The summed E-state index contributed by atoms with van der Waals surface area (Å²) in [5.74, 6) is -1.87. The fourth-order valence-electron chi connectivity index (χ4n) is 3.35. The molecule has 1 aliphatic heterocycles. The van der Waals surface area contributed by atoms with Gasteiger partial charge < -0.3 is 39.4 Å². The maximum atomic E-state index is 11.9. The smallest absolute Gasteiger partial charge is 0.407 e. The zero-order valence-electron chi connectivity index (χ0n) is 19.2. The molecule has 5 atom stereocenters. The molecule has 3 N–H and O–H groups in total. The lowest BCUT2D eigenvalue weighted by Crippen LogP contribution is -2.66. The minimum absolute atomic E-state index is 0.0374. The summed E-state index contributed by atoms with van der Waals surface area (Å²) in [6, 6.07) is 8.09. The summed E-state index contributed by atoms with van der Waals surface area (Å²) in [5.41, 5.74) is 0.830. The molecular weight excluding hydrogens is 452 g/mol. The Morgan fingerprint density at radius 3 is 2.24 bits per heavy atom. The number of carbonyl (C=O) groups excluding carboxylic acids is 4. The Labute approximate surface area is 196 Å². The zero-order chi connectivity index (χ0) is 25.1. The summed E-state index contributed by atoms with van der Waals surface area (Å²) in [5, 5.41) is 14.8. The normalized spacial score (nSPS) is 23.9. The van der Waals surface area contributed by atoms with Crippen LogP contribution in [-0.2, 0) is 44.7 Å². The van der Waals surface area contributed by atoms with Crippen LogP contribution < -0.4 is 10.6 Å². The van der Waals surface area contributed by atoms with Crippen LogP contribution >= 0.6 is 0 Å². The maximum absolute atomic E-state index is 11.9. The van der Waals surface area contributed by atoms with E-state index in [0.717, 1.165) is 19.4 Å². The largest absolute Gasteiger partial charge is 0.456 e. The molecule has 0 saturated carbocycles. The number of aliphatic hydroxyl groups is 1. The molecule has 2 amide bonds. The van der Waals surface area contributed by atoms with Crippen molar-refractivity contribution < 1.29 is 48.0 Å². The highest BCUT2D eigenvalue weighted by Gasteiger charge is 2.50. The van der Waals surface area contributed by atoms with Crippen molar-refractivity contribution in [2.45, 2.75) is 58.0 Å². The Hall–Kier alpha value is -3.22. The first-order chi connectivity index (χ1) is 16.2. The summed E-state index contributed by atoms with van der Waals surface area (Å²) in [4.78, 5) is 46.9. The van der Waals surface area contributed by atoms with Gasteiger partial charge in [0.15, 0.2) is 18.5 Å². The van der Waals surface area contributed by atoms with E-state index < -0.39 is 61.2 Å². The maximum Gasteiger partial charge on any atom is 0.407 e. The lowest BCUT2D eigenvalue weighted by Gasteiger charge is -2.44. The van der Waals surface area contributed by atoms with Crippen LogP contribution in [0.25, 0.3) is 0 Å². The van der Waals surface area contributed by atoms with E-state index in [1.165, 1.54) is 6.92 Å². The molecule has 188 valence electrons. The van der Waals surface area contributed by atoms with E-state index in [-0.39, 0.29) is 19.8 Å². The average molecular weight is 482 g/mol. The van der Waals surface area contributed by atoms with Gasteiger partial charge in [-0.05, 0) is 5.56 Å². The van der Waals surface area contributed by atoms with Crippen molar-refractivity contribution in [2.75, 3.05) is 19.8 Å². The number of alkyl carbamates (subject to hydrolysis) is 1. The predicted molar refractivity (Wildman–Crippen MR) is 115 cm³/mol. The number of hydrogen-bond donors (Lipinski definition) is 3. The molecule has 1 saturated heterocycles. The van der Waals surface area contributed by atoms with Crippen molar-refractivity contribution in [1.82, 2.24) is 10.6 Å². The monoisotopic (exact) mass is 482 g/mol. The molecule has 0 radical (unpaired) electrons. The molecule has 12 nitrogen and oxygen atoms in total. The van der Waals surface area contributed by atoms with Crippen LogP contribution in [0.15, 0.2) is 30.3 Å². The van der Waals surface area contributed by atoms with E-state index in [0.29, 0.717) is 0 Å². The molecule has 1 heterocycles. The second-order valence-corrected chi connectivity index (χ2v) is 7.46. The Bertz CT molecular complexity index is 834. The minimum Gasteiger partial charge on any atom is -0.456 e. The van der Waals surface area contributed by atoms with E-state index in [9.17, 15) is 24.3 Å². The van der Waals surface area contributed by atoms with Gasteiger partial charge in [-0.15, -0.1) is 0 Å². The number of carbonyl (C=O) groups is 4. The number of aliphatic hydroxyl groups excluding tert-OH is 1. The van der Waals surface area contributed by atoms with Gasteiger partial charge in [0, 0.05) is 27.3 Å². The molecular formula is C22H30N2O10. The Kier molecular flexibility index (Phi) is 10.7. The van der Waals surface area contributed by atoms with Gasteiger partial charge in [0.05, 0.1) is 13.2 Å². The summed E-state index contributed by atoms with van der Waals surface area (Å²) in [7, 11) is 0. The van der Waals surface area contributed by atoms with Crippen molar-refractivity contribution in [3.05, 3.63) is 35.9 Å². The Balaban J connectivity index is 1.98. The quantitative estimate of drug-likeness (QED) is 0.236. The van der Waals surface area contributed by atoms with Gasteiger partial charge in [0.1, 0.15) is 18.8 Å². The lowest BCUT2D eigenvalue weighted by atomic mass is 9.96. The average Bonchev–Trinajstić information content (AvgIpc) is 2.78. The van der Waals surface area contributed by atoms with E-state index in [1.807, 2.05) is 30.3 Å². The van der Waals surface area contributed by atoms with Crippen LogP contribution in [-0.4, -0.2) is 79.4 Å². The van der Waals surface area contributed by atoms with Crippen molar-refractivity contribution in [2.24, 2.45) is 0 Å². The summed E-state index contributed by atoms with van der Waals surface area (Å²) in [6.07, 6.45) is -5.30. The van der Waals surface area contributed by atoms with Crippen LogP contribution in [0.5, 0.6) is 0 Å². The molecule has 1 aromatic carbocycles. The van der Waals surface area contributed by atoms with Crippen LogP contribution in [0.3, 0.4) is 0 Å². The number of nitrogens with one attached hydrogen (secondary N) is 2. The van der Waals surface area contributed by atoms with Gasteiger partial charge in [-0.2, -0.15) is 0 Å². The van der Waals surface area contributed by atoms with E-state index in [1.54, 1.807) is 0 Å².